The molecule has 3 fully saturated rings. The van der Waals surface area contributed by atoms with Crippen LogP contribution in [0.5, 0.6) is 0 Å². The molecule has 18 nitrogen and oxygen atoms in total. The predicted octanol–water partition coefficient (Wildman–Crippen LogP) is 4.79. The van der Waals surface area contributed by atoms with Crippen LogP contribution in [0.1, 0.15) is 36.4 Å². The molecule has 7 heterocycles. The van der Waals surface area contributed by atoms with Gasteiger partial charge >= 0.3 is 12.0 Å². The highest BCUT2D eigenvalue weighted by atomic mass is 32.2. The number of aryl methyl sites for hydroxylation is 1. The molecule has 0 bridgehead atoms. The normalized spacial score (nSPS) is 19.6. The number of aromatic nitrogens is 7. The number of ether oxygens (including phenoxy) is 2. The Morgan fingerprint density at radius 2 is 1.85 bits per heavy atom. The average molecular weight is 836 g/mol. The van der Waals surface area contributed by atoms with Gasteiger partial charge in [-0.3, -0.25) is 15.6 Å². The highest BCUT2D eigenvalue weighted by molar-refractivity contribution is 7.98. The summed E-state index contributed by atoms with van der Waals surface area (Å²) in [6.45, 7) is 10.8. The number of nitrogens with two attached hydrogens (primary N) is 1. The minimum absolute atomic E-state index is 0.233. The number of benzene rings is 2. The summed E-state index contributed by atoms with van der Waals surface area (Å²) in [5.41, 5.74) is 17.8. The second-order valence-corrected chi connectivity index (χ2v) is 15.6. The molecule has 2 aromatic carbocycles. The maximum absolute atomic E-state index is 13.5. The van der Waals surface area contributed by atoms with Crippen molar-refractivity contribution in [2.24, 2.45) is 10.7 Å². The van der Waals surface area contributed by atoms with Crippen molar-refractivity contribution < 1.29 is 18.3 Å². The summed E-state index contributed by atoms with van der Waals surface area (Å²) in [6, 6.07) is 14.8. The number of rotatable bonds is 12. The van der Waals surface area contributed by atoms with Crippen molar-refractivity contribution in [2.75, 3.05) is 69.0 Å². The van der Waals surface area contributed by atoms with E-state index in [2.05, 4.69) is 84.4 Å². The Morgan fingerprint density at radius 3 is 2.63 bits per heavy atom. The molecular weight excluding hydrogens is 790 g/mol. The SMILES string of the molecule is CCc1[nH]c(/N=C2\NNC(C)(c3ccc(F)cc3)O2)nc1/C=C(\N)N1CCN(Cc2cc(-c3nnc(Nc4nc5cc(N6CCOCC6)ncc5[nH]4)o3)ccc2SC)CC1. The zero-order valence-corrected chi connectivity index (χ0v) is 34.3. The van der Waals surface area contributed by atoms with E-state index >= 15 is 0 Å². The van der Waals surface area contributed by atoms with Crippen molar-refractivity contribution in [2.45, 2.75) is 37.4 Å². The predicted molar refractivity (Wildman–Crippen MR) is 227 cm³/mol. The van der Waals surface area contributed by atoms with Gasteiger partial charge in [-0.2, -0.15) is 10.4 Å². The van der Waals surface area contributed by atoms with E-state index in [1.165, 1.54) is 22.6 Å². The number of hydrogen-bond donors (Lipinski definition) is 6. The number of amidine groups is 1. The van der Waals surface area contributed by atoms with Crippen LogP contribution in [0.3, 0.4) is 0 Å². The minimum Gasteiger partial charge on any atom is -0.437 e. The van der Waals surface area contributed by atoms with E-state index in [0.29, 0.717) is 43.2 Å². The van der Waals surface area contributed by atoms with Crippen LogP contribution in [0.4, 0.5) is 28.1 Å². The van der Waals surface area contributed by atoms with Gasteiger partial charge < -0.3 is 39.4 Å². The number of piperazine rings is 1. The molecule has 0 aliphatic carbocycles. The van der Waals surface area contributed by atoms with E-state index in [0.717, 1.165) is 85.2 Å². The Labute approximate surface area is 349 Å². The van der Waals surface area contributed by atoms with E-state index < -0.39 is 5.72 Å². The first kappa shape index (κ1) is 39.3. The van der Waals surface area contributed by atoms with Gasteiger partial charge in [-0.1, -0.05) is 24.2 Å². The summed E-state index contributed by atoms with van der Waals surface area (Å²) in [7, 11) is 0. The topological polar surface area (TPSA) is 212 Å². The Kier molecular flexibility index (Phi) is 11.0. The summed E-state index contributed by atoms with van der Waals surface area (Å²) in [4.78, 5) is 33.0. The number of thioether (sulfide) groups is 1. The molecule has 1 atom stereocenters. The third-order valence-corrected chi connectivity index (χ3v) is 11.6. The molecular formula is C40H46FN15O3S. The number of nitrogens with one attached hydrogen (secondary N) is 5. The van der Waals surface area contributed by atoms with Gasteiger partial charge in [0.05, 0.1) is 36.1 Å². The van der Waals surface area contributed by atoms with Crippen LogP contribution in [-0.4, -0.2) is 110 Å². The number of imidazole rings is 2. The Morgan fingerprint density at radius 1 is 1.03 bits per heavy atom. The number of pyridine rings is 1. The molecule has 1 unspecified atom stereocenters. The molecule has 0 spiro atoms. The number of hydrazine groups is 1. The number of hydrogen-bond acceptors (Lipinski definition) is 16. The first-order valence-corrected chi connectivity index (χ1v) is 21.0. The molecule has 4 aromatic heterocycles. The molecule has 20 heteroatoms. The molecule has 0 amide bonds. The van der Waals surface area contributed by atoms with Crippen LogP contribution in [-0.2, 0) is 28.2 Å². The fourth-order valence-corrected chi connectivity index (χ4v) is 7.99. The van der Waals surface area contributed by atoms with E-state index in [-0.39, 0.29) is 17.9 Å². The molecule has 3 aliphatic heterocycles. The summed E-state index contributed by atoms with van der Waals surface area (Å²) < 4.78 is 31.1. The first-order valence-electron chi connectivity index (χ1n) is 19.8. The highest BCUT2D eigenvalue weighted by Crippen LogP contribution is 2.31. The lowest BCUT2D eigenvalue weighted by Gasteiger charge is -2.36. The van der Waals surface area contributed by atoms with Gasteiger partial charge in [0.15, 0.2) is 0 Å². The molecule has 7 N–H and O–H groups in total. The lowest BCUT2D eigenvalue weighted by Crippen LogP contribution is -2.46. The van der Waals surface area contributed by atoms with Crippen molar-refractivity contribution in [3.63, 3.8) is 0 Å². The highest BCUT2D eigenvalue weighted by Gasteiger charge is 2.36. The second kappa shape index (κ2) is 16.8. The van der Waals surface area contributed by atoms with Crippen molar-refractivity contribution in [3.8, 4) is 11.5 Å². The largest absolute Gasteiger partial charge is 0.437 e. The van der Waals surface area contributed by atoms with Gasteiger partial charge in [-0.15, -0.1) is 16.9 Å². The maximum atomic E-state index is 13.5. The van der Waals surface area contributed by atoms with Crippen LogP contribution in [0, 0.1) is 5.82 Å². The van der Waals surface area contributed by atoms with E-state index in [1.807, 2.05) is 32.1 Å². The molecule has 3 aliphatic rings. The molecule has 312 valence electrons. The van der Waals surface area contributed by atoms with Gasteiger partial charge in [-0.05, 0) is 55.5 Å². The summed E-state index contributed by atoms with van der Waals surface area (Å²) in [5, 5.41) is 11.7. The monoisotopic (exact) mass is 835 g/mol. The standard InChI is InChI=1S/C40H46FN15O3S/c1-4-28-29(45-36(44-28)49-39-52-53-40(2,59-39)26-6-8-27(41)9-7-26)20-33(42)55-13-11-54(12-14-55)23-25-19-24(5-10-32(25)60-3)35-50-51-38(58-35)48-37-46-30-21-34(43-22-31(30)47-37)56-15-17-57-18-16-56/h5-10,19-22,53H,4,11-18,23,42H2,1-3H3,(H2,44,45,49,52)(H2,46,47,48,51)/b33-20+. The third-order valence-electron chi connectivity index (χ3n) is 10.7. The lowest BCUT2D eigenvalue weighted by atomic mass is 10.1. The van der Waals surface area contributed by atoms with E-state index in [4.69, 9.17) is 24.6 Å². The minimum atomic E-state index is -0.927. The fourth-order valence-electron chi connectivity index (χ4n) is 7.40. The number of halogens is 1. The number of anilines is 3. The molecule has 0 saturated carbocycles. The van der Waals surface area contributed by atoms with Gasteiger partial charge in [0.1, 0.15) is 17.5 Å². The molecule has 6 aromatic rings. The van der Waals surface area contributed by atoms with Crippen molar-refractivity contribution >= 4 is 58.6 Å². The smallest absolute Gasteiger partial charge is 0.322 e. The zero-order chi connectivity index (χ0) is 41.2. The number of H-pyrrole nitrogens is 2. The van der Waals surface area contributed by atoms with Crippen LogP contribution in [0.15, 0.2) is 74.9 Å². The van der Waals surface area contributed by atoms with Gasteiger partial charge in [0.2, 0.25) is 23.5 Å². The maximum Gasteiger partial charge on any atom is 0.322 e. The van der Waals surface area contributed by atoms with Crippen LogP contribution >= 0.6 is 11.8 Å². The number of aromatic amines is 2. The van der Waals surface area contributed by atoms with E-state index in [1.54, 1.807) is 30.1 Å². The van der Waals surface area contributed by atoms with Crippen LogP contribution in [0.25, 0.3) is 28.6 Å². The van der Waals surface area contributed by atoms with E-state index in [9.17, 15) is 4.39 Å². The Bertz CT molecular complexity index is 2520. The van der Waals surface area contributed by atoms with Crippen molar-refractivity contribution in [3.05, 3.63) is 88.9 Å². The Hall–Kier alpha value is -6.22. The fraction of sp³-hybridized carbons (Fsp3) is 0.350. The van der Waals surface area contributed by atoms with Crippen molar-refractivity contribution in [1.82, 2.24) is 55.8 Å². The van der Waals surface area contributed by atoms with Crippen LogP contribution in [0.2, 0.25) is 0 Å². The molecule has 3 saturated heterocycles. The number of fused-ring (bicyclic) bond motifs is 1. The number of aliphatic imine (C=N–C) groups is 1. The summed E-state index contributed by atoms with van der Waals surface area (Å²) >= 11 is 1.71. The molecule has 0 radical (unpaired) electrons. The average Bonchev–Trinajstić information content (AvgIpc) is 4.08. The van der Waals surface area contributed by atoms with Crippen molar-refractivity contribution in [1.29, 1.82) is 0 Å². The quantitative estimate of drug-likeness (QED) is 0.0915. The molecule has 9 rings (SSSR count). The number of nitrogens with zero attached hydrogens (tertiary/aromatic N) is 9. The van der Waals surface area contributed by atoms with Gasteiger partial charge in [0.25, 0.3) is 0 Å². The second-order valence-electron chi connectivity index (χ2n) is 14.7. The summed E-state index contributed by atoms with van der Waals surface area (Å²) in [6.07, 6.45) is 6.47. The van der Waals surface area contributed by atoms with Gasteiger partial charge in [0, 0.05) is 79.7 Å². The third kappa shape index (κ3) is 8.44. The summed E-state index contributed by atoms with van der Waals surface area (Å²) in [5.74, 6) is 2.47. The molecule has 60 heavy (non-hydrogen) atoms. The van der Waals surface area contributed by atoms with Gasteiger partial charge in [-0.25, -0.2) is 19.3 Å². The Balaban J connectivity index is 0.815. The van der Waals surface area contributed by atoms with Crippen LogP contribution < -0.4 is 26.8 Å². The number of morpholine rings is 1. The first-order chi connectivity index (χ1) is 29.2. The zero-order valence-electron chi connectivity index (χ0n) is 33.5. The lowest BCUT2D eigenvalue weighted by molar-refractivity contribution is 0.0733.